The van der Waals surface area contributed by atoms with Crippen LogP contribution in [0.25, 0.3) is 0 Å². The molecule has 2 aromatic rings. The lowest BCUT2D eigenvalue weighted by Gasteiger charge is -2.01. The predicted octanol–water partition coefficient (Wildman–Crippen LogP) is 4.10. The molecule has 2 rings (SSSR count). The van der Waals surface area contributed by atoms with Crippen LogP contribution < -0.4 is 0 Å². The highest BCUT2D eigenvalue weighted by Crippen LogP contribution is 2.21. The number of hydrogen-bond acceptors (Lipinski definition) is 2. The van der Waals surface area contributed by atoms with Crippen LogP contribution in [-0.4, -0.2) is 5.78 Å². The van der Waals surface area contributed by atoms with Crippen LogP contribution in [0.5, 0.6) is 0 Å². The third-order valence-corrected chi connectivity index (χ3v) is 4.06. The zero-order valence-electron chi connectivity index (χ0n) is 10.2. The highest BCUT2D eigenvalue weighted by Gasteiger charge is 2.11. The molecule has 0 bridgehead atoms. The zero-order chi connectivity index (χ0) is 12.3. The summed E-state index contributed by atoms with van der Waals surface area (Å²) < 4.78 is 0. The van der Waals surface area contributed by atoms with E-state index in [-0.39, 0.29) is 5.78 Å². The van der Waals surface area contributed by atoms with Crippen LogP contribution in [0.4, 0.5) is 0 Å². The lowest BCUT2D eigenvalue weighted by Crippen LogP contribution is -1.99. The number of thiophene rings is 1. The van der Waals surface area contributed by atoms with Gasteiger partial charge >= 0.3 is 0 Å². The molecule has 0 saturated carbocycles. The van der Waals surface area contributed by atoms with Crippen molar-refractivity contribution in [2.45, 2.75) is 26.7 Å². The molecule has 1 aromatic carbocycles. The van der Waals surface area contributed by atoms with Crippen LogP contribution in [0.3, 0.4) is 0 Å². The first-order chi connectivity index (χ1) is 8.24. The van der Waals surface area contributed by atoms with Gasteiger partial charge in [0.2, 0.25) is 5.78 Å². The molecule has 1 heterocycles. The second kappa shape index (κ2) is 5.28. The van der Waals surface area contributed by atoms with Crippen LogP contribution in [-0.2, 0) is 12.8 Å². The fourth-order valence-electron chi connectivity index (χ4n) is 1.76. The standard InChI is InChI=1S/C15H16OS/c1-3-11-6-5-7-12(10-11)15(16)14-9-8-13(4-2)17-14/h5-10H,3-4H2,1-2H3. The predicted molar refractivity (Wildman–Crippen MR) is 72.9 cm³/mol. The SMILES string of the molecule is CCc1cccc(C(=O)c2ccc(CC)s2)c1. The van der Waals surface area contributed by atoms with Gasteiger partial charge in [-0.25, -0.2) is 0 Å². The molecule has 17 heavy (non-hydrogen) atoms. The first-order valence-electron chi connectivity index (χ1n) is 5.97. The van der Waals surface area contributed by atoms with E-state index in [4.69, 9.17) is 0 Å². The summed E-state index contributed by atoms with van der Waals surface area (Å²) in [6, 6.07) is 11.9. The number of hydrogen-bond donors (Lipinski definition) is 0. The Kier molecular flexibility index (Phi) is 3.75. The molecular formula is C15H16OS. The average Bonchev–Trinajstić information content (AvgIpc) is 2.86. The minimum atomic E-state index is 0.144. The number of benzene rings is 1. The van der Waals surface area contributed by atoms with Gasteiger partial charge in [-0.1, -0.05) is 32.0 Å². The summed E-state index contributed by atoms with van der Waals surface area (Å²) in [5, 5.41) is 0. The molecule has 0 aliphatic heterocycles. The van der Waals surface area contributed by atoms with E-state index in [0.717, 1.165) is 23.3 Å². The number of rotatable bonds is 4. The van der Waals surface area contributed by atoms with Crippen molar-refractivity contribution in [2.24, 2.45) is 0 Å². The zero-order valence-corrected chi connectivity index (χ0v) is 11.0. The van der Waals surface area contributed by atoms with Crippen molar-refractivity contribution in [1.82, 2.24) is 0 Å². The highest BCUT2D eigenvalue weighted by molar-refractivity contribution is 7.14. The van der Waals surface area contributed by atoms with Gasteiger partial charge in [0, 0.05) is 10.4 Å². The maximum atomic E-state index is 12.3. The maximum absolute atomic E-state index is 12.3. The van der Waals surface area contributed by atoms with Crippen molar-refractivity contribution in [3.05, 3.63) is 57.3 Å². The Morgan fingerprint density at radius 1 is 1.12 bits per heavy atom. The molecular weight excluding hydrogens is 228 g/mol. The third kappa shape index (κ3) is 2.64. The van der Waals surface area contributed by atoms with Gasteiger partial charge < -0.3 is 0 Å². The molecule has 0 saturated heterocycles. The summed E-state index contributed by atoms with van der Waals surface area (Å²) in [5.74, 6) is 0.144. The Bertz CT molecular complexity index is 525. The van der Waals surface area contributed by atoms with E-state index in [1.54, 1.807) is 11.3 Å². The number of carbonyl (C=O) groups excluding carboxylic acids is 1. The summed E-state index contributed by atoms with van der Waals surface area (Å²) in [5.41, 5.74) is 2.01. The van der Waals surface area contributed by atoms with Crippen molar-refractivity contribution in [3.63, 3.8) is 0 Å². The van der Waals surface area contributed by atoms with Crippen LogP contribution in [0, 0.1) is 0 Å². The summed E-state index contributed by atoms with van der Waals surface area (Å²) in [4.78, 5) is 14.4. The van der Waals surface area contributed by atoms with E-state index in [0.29, 0.717) is 0 Å². The molecule has 0 fully saturated rings. The van der Waals surface area contributed by atoms with Crippen molar-refractivity contribution in [3.8, 4) is 0 Å². The van der Waals surface area contributed by atoms with Gasteiger partial charge in [-0.2, -0.15) is 0 Å². The molecule has 0 aliphatic rings. The van der Waals surface area contributed by atoms with E-state index in [1.807, 2.05) is 30.3 Å². The molecule has 1 aromatic heterocycles. The third-order valence-electron chi connectivity index (χ3n) is 2.83. The topological polar surface area (TPSA) is 17.1 Å². The van der Waals surface area contributed by atoms with Gasteiger partial charge in [0.15, 0.2) is 0 Å². The van der Waals surface area contributed by atoms with Crippen molar-refractivity contribution in [2.75, 3.05) is 0 Å². The minimum Gasteiger partial charge on any atom is -0.288 e. The van der Waals surface area contributed by atoms with Gasteiger partial charge in [0.1, 0.15) is 0 Å². The van der Waals surface area contributed by atoms with Crippen molar-refractivity contribution >= 4 is 17.1 Å². The fraction of sp³-hybridized carbons (Fsp3) is 0.267. The number of ketones is 1. The highest BCUT2D eigenvalue weighted by atomic mass is 32.1. The van der Waals surface area contributed by atoms with Crippen LogP contribution in [0.1, 0.15) is 39.5 Å². The van der Waals surface area contributed by atoms with E-state index in [2.05, 4.69) is 19.9 Å². The second-order valence-corrected chi connectivity index (χ2v) is 5.17. The van der Waals surface area contributed by atoms with Crippen LogP contribution >= 0.6 is 11.3 Å². The molecule has 0 atom stereocenters. The average molecular weight is 244 g/mol. The smallest absolute Gasteiger partial charge is 0.202 e. The summed E-state index contributed by atoms with van der Waals surface area (Å²) in [6.45, 7) is 4.21. The van der Waals surface area contributed by atoms with E-state index < -0.39 is 0 Å². The second-order valence-electron chi connectivity index (χ2n) is 4.00. The first kappa shape index (κ1) is 12.1. The van der Waals surface area contributed by atoms with E-state index in [1.165, 1.54) is 10.4 Å². The Morgan fingerprint density at radius 2 is 1.94 bits per heavy atom. The molecule has 0 N–H and O–H groups in total. The molecule has 0 radical (unpaired) electrons. The normalized spacial score (nSPS) is 10.5. The minimum absolute atomic E-state index is 0.144. The molecule has 88 valence electrons. The van der Waals surface area contributed by atoms with Crippen molar-refractivity contribution in [1.29, 1.82) is 0 Å². The van der Waals surface area contributed by atoms with Gasteiger partial charge in [-0.15, -0.1) is 11.3 Å². The quantitative estimate of drug-likeness (QED) is 0.740. The monoisotopic (exact) mass is 244 g/mol. The van der Waals surface area contributed by atoms with Crippen LogP contribution in [0.2, 0.25) is 0 Å². The maximum Gasteiger partial charge on any atom is 0.202 e. The largest absolute Gasteiger partial charge is 0.288 e. The molecule has 0 unspecified atom stereocenters. The molecule has 0 aliphatic carbocycles. The molecule has 0 amide bonds. The molecule has 1 nitrogen and oxygen atoms in total. The number of aryl methyl sites for hydroxylation is 2. The summed E-state index contributed by atoms with van der Waals surface area (Å²) in [7, 11) is 0. The van der Waals surface area contributed by atoms with E-state index in [9.17, 15) is 4.79 Å². The Morgan fingerprint density at radius 3 is 2.59 bits per heavy atom. The van der Waals surface area contributed by atoms with Crippen molar-refractivity contribution < 1.29 is 4.79 Å². The van der Waals surface area contributed by atoms with E-state index >= 15 is 0 Å². The van der Waals surface area contributed by atoms with Gasteiger partial charge in [0.25, 0.3) is 0 Å². The van der Waals surface area contributed by atoms with Gasteiger partial charge in [-0.3, -0.25) is 4.79 Å². The Labute approximate surface area is 106 Å². The van der Waals surface area contributed by atoms with Gasteiger partial charge in [0.05, 0.1) is 4.88 Å². The summed E-state index contributed by atoms with van der Waals surface area (Å²) in [6.07, 6.45) is 1.96. The fourth-order valence-corrected chi connectivity index (χ4v) is 2.67. The summed E-state index contributed by atoms with van der Waals surface area (Å²) >= 11 is 1.60. The van der Waals surface area contributed by atoms with Crippen LogP contribution in [0.15, 0.2) is 36.4 Å². The van der Waals surface area contributed by atoms with Gasteiger partial charge in [-0.05, 0) is 36.6 Å². The lowest BCUT2D eigenvalue weighted by atomic mass is 10.1. The first-order valence-corrected chi connectivity index (χ1v) is 6.78. The Balaban J connectivity index is 2.29. The molecule has 0 spiro atoms. The number of carbonyl (C=O) groups is 1. The Hall–Kier alpha value is -1.41. The molecule has 2 heteroatoms. The lowest BCUT2D eigenvalue weighted by molar-refractivity contribution is 0.104.